The number of ether oxygens (including phenoxy) is 2. The number of rotatable bonds is 8. The van der Waals surface area contributed by atoms with E-state index in [2.05, 4.69) is 22.0 Å². The van der Waals surface area contributed by atoms with Crippen LogP contribution in [-0.4, -0.2) is 66.9 Å². The highest BCUT2D eigenvalue weighted by molar-refractivity contribution is 8.04. The van der Waals surface area contributed by atoms with Crippen molar-refractivity contribution in [1.82, 2.24) is 20.9 Å². The number of allylic oxidation sites excluding steroid dienone is 1. The molecule has 1 aliphatic carbocycles. The zero-order valence-corrected chi connectivity index (χ0v) is 27.3. The lowest BCUT2D eigenvalue weighted by Gasteiger charge is -2.46. The van der Waals surface area contributed by atoms with Gasteiger partial charge in [0, 0.05) is 36.4 Å². The lowest BCUT2D eigenvalue weighted by molar-refractivity contribution is -0.129. The fourth-order valence-electron chi connectivity index (χ4n) is 7.05. The SMILES string of the molecule is COc1ccccc1Oc1ccc(N2C(=O)NC3=C(C(=O)NC4CCCN(C(=O)/C(C#N)=C/C5CC5)C4)SC4NCCC2C34)c(C)c1. The molecule has 0 bridgehead atoms. The summed E-state index contributed by atoms with van der Waals surface area (Å²) in [6.45, 7) is 3.59. The number of hydrogen-bond acceptors (Lipinski definition) is 8. The summed E-state index contributed by atoms with van der Waals surface area (Å²) in [4.78, 5) is 44.6. The van der Waals surface area contributed by atoms with Gasteiger partial charge in [0.25, 0.3) is 11.8 Å². The predicted molar refractivity (Wildman–Crippen MR) is 178 cm³/mol. The number of urea groups is 1. The average molecular weight is 655 g/mol. The van der Waals surface area contributed by atoms with Gasteiger partial charge in [0.05, 0.1) is 23.4 Å². The summed E-state index contributed by atoms with van der Waals surface area (Å²) in [6.07, 6.45) is 6.04. The van der Waals surface area contributed by atoms with Gasteiger partial charge in [0.1, 0.15) is 17.4 Å². The molecule has 244 valence electrons. The van der Waals surface area contributed by atoms with Gasteiger partial charge < -0.3 is 30.3 Å². The Bertz CT molecular complexity index is 1710. The van der Waals surface area contributed by atoms with Gasteiger partial charge >= 0.3 is 6.03 Å². The number of amides is 4. The molecule has 1 saturated carbocycles. The number of hydrogen-bond donors (Lipinski definition) is 3. The van der Waals surface area contributed by atoms with Crippen LogP contribution >= 0.6 is 11.8 Å². The number of carbonyl (C=O) groups is 3. The first-order valence-corrected chi connectivity index (χ1v) is 17.1. The molecule has 2 aromatic rings. The van der Waals surface area contributed by atoms with Gasteiger partial charge in [-0.2, -0.15) is 5.26 Å². The van der Waals surface area contributed by atoms with Crippen LogP contribution in [0.15, 0.2) is 64.7 Å². The summed E-state index contributed by atoms with van der Waals surface area (Å²) in [5.41, 5.74) is 2.54. The zero-order chi connectivity index (χ0) is 32.7. The van der Waals surface area contributed by atoms with E-state index in [1.807, 2.05) is 54.3 Å². The van der Waals surface area contributed by atoms with Crippen LogP contribution < -0.4 is 30.3 Å². The lowest BCUT2D eigenvalue weighted by Crippen LogP contribution is -2.62. The van der Waals surface area contributed by atoms with Crippen LogP contribution in [0.4, 0.5) is 10.5 Å². The number of nitrogens with one attached hydrogen (secondary N) is 3. The topological polar surface area (TPSA) is 136 Å². The normalized spacial score (nSPS) is 25.5. The van der Waals surface area contributed by atoms with Crippen LogP contribution in [0.25, 0.3) is 0 Å². The number of para-hydroxylation sites is 2. The van der Waals surface area contributed by atoms with Crippen LogP contribution in [0.5, 0.6) is 17.2 Å². The molecule has 2 aromatic carbocycles. The number of thioether (sulfide) groups is 1. The molecule has 4 heterocycles. The van der Waals surface area contributed by atoms with Crippen molar-refractivity contribution in [2.75, 3.05) is 31.6 Å². The summed E-state index contributed by atoms with van der Waals surface area (Å²) in [6, 6.07) is 14.6. The summed E-state index contributed by atoms with van der Waals surface area (Å²) in [5, 5.41) is 19.3. The summed E-state index contributed by atoms with van der Waals surface area (Å²) in [7, 11) is 1.60. The number of carbonyl (C=O) groups excluding carboxylic acids is 3. The van der Waals surface area contributed by atoms with Crippen molar-refractivity contribution in [3.8, 4) is 23.3 Å². The van der Waals surface area contributed by atoms with E-state index in [1.54, 1.807) is 18.1 Å². The average Bonchev–Trinajstić information content (AvgIpc) is 3.83. The molecule has 4 unspecified atom stereocenters. The number of anilines is 1. The van der Waals surface area contributed by atoms with Crippen LogP contribution in [0.1, 0.15) is 37.7 Å². The summed E-state index contributed by atoms with van der Waals surface area (Å²) < 4.78 is 11.5. The van der Waals surface area contributed by atoms with Gasteiger partial charge in [0.2, 0.25) is 0 Å². The molecule has 3 saturated heterocycles. The predicted octanol–water partition coefficient (Wildman–Crippen LogP) is 4.56. The lowest BCUT2D eigenvalue weighted by atomic mass is 9.86. The highest BCUT2D eigenvalue weighted by Gasteiger charge is 2.52. The maximum absolute atomic E-state index is 13.8. The molecule has 12 heteroatoms. The van der Waals surface area contributed by atoms with Gasteiger partial charge in [-0.05, 0) is 87.4 Å². The molecule has 4 fully saturated rings. The summed E-state index contributed by atoms with van der Waals surface area (Å²) in [5.74, 6) is 1.61. The molecule has 4 amide bonds. The van der Waals surface area contributed by atoms with Gasteiger partial charge in [-0.25, -0.2) is 4.79 Å². The number of benzene rings is 2. The Balaban J connectivity index is 1.07. The van der Waals surface area contributed by atoms with Crippen LogP contribution in [0, 0.1) is 30.1 Å². The molecule has 5 aliphatic rings. The zero-order valence-electron chi connectivity index (χ0n) is 26.5. The fraction of sp³-hybridized carbons (Fsp3) is 0.429. The van der Waals surface area contributed by atoms with E-state index in [0.717, 1.165) is 43.4 Å². The maximum atomic E-state index is 13.8. The first kappa shape index (κ1) is 31.1. The van der Waals surface area contributed by atoms with E-state index in [4.69, 9.17) is 9.47 Å². The van der Waals surface area contributed by atoms with Gasteiger partial charge in [-0.15, -0.1) is 0 Å². The monoisotopic (exact) mass is 654 g/mol. The van der Waals surface area contributed by atoms with E-state index >= 15 is 0 Å². The third-order valence-corrected chi connectivity index (χ3v) is 10.8. The molecule has 11 nitrogen and oxygen atoms in total. The standard InChI is InChI=1S/C35H38N6O5S/c1-20-16-24(46-28-8-4-3-7-27(28)45-2)11-12-25(20)41-26-13-14-37-33-29(26)30(39-35(41)44)31(47-33)32(42)38-23-6-5-15-40(19-23)34(43)22(18-36)17-21-9-10-21/h3-4,7-8,11-12,16-17,21,23,26,29,33,37H,5-6,9-10,13-15,19H2,1-2H3,(H,38,42)(H,39,44)/b22-17+. The first-order valence-electron chi connectivity index (χ1n) is 16.2. The van der Waals surface area contributed by atoms with Crippen molar-refractivity contribution in [2.24, 2.45) is 11.8 Å². The van der Waals surface area contributed by atoms with Crippen molar-refractivity contribution in [2.45, 2.75) is 56.5 Å². The van der Waals surface area contributed by atoms with Crippen molar-refractivity contribution in [3.05, 3.63) is 70.3 Å². The Hall–Kier alpha value is -4.47. The van der Waals surface area contributed by atoms with Gasteiger partial charge in [-0.1, -0.05) is 30.0 Å². The highest BCUT2D eigenvalue weighted by atomic mass is 32.2. The molecule has 0 radical (unpaired) electrons. The summed E-state index contributed by atoms with van der Waals surface area (Å²) >= 11 is 1.46. The van der Waals surface area contributed by atoms with E-state index in [-0.39, 0.29) is 46.8 Å². The Morgan fingerprint density at radius 3 is 2.68 bits per heavy atom. The second-order valence-corrected chi connectivity index (χ2v) is 13.9. The maximum Gasteiger partial charge on any atom is 0.326 e. The van der Waals surface area contributed by atoms with Gasteiger partial charge in [0.15, 0.2) is 11.5 Å². The Labute approximate surface area is 278 Å². The molecule has 0 aromatic heterocycles. The van der Waals surface area contributed by atoms with Crippen LogP contribution in [0.3, 0.4) is 0 Å². The van der Waals surface area contributed by atoms with Gasteiger partial charge in [-0.3, -0.25) is 14.5 Å². The van der Waals surface area contributed by atoms with Crippen molar-refractivity contribution in [1.29, 1.82) is 5.26 Å². The minimum atomic E-state index is -0.267. The fourth-order valence-corrected chi connectivity index (χ4v) is 8.45. The Morgan fingerprint density at radius 1 is 1.13 bits per heavy atom. The van der Waals surface area contributed by atoms with E-state index < -0.39 is 0 Å². The second kappa shape index (κ2) is 13.0. The quantitative estimate of drug-likeness (QED) is 0.279. The second-order valence-electron chi connectivity index (χ2n) is 12.7. The highest BCUT2D eigenvalue weighted by Crippen LogP contribution is 2.48. The molecule has 4 aliphatic heterocycles. The molecule has 47 heavy (non-hydrogen) atoms. The largest absolute Gasteiger partial charge is 0.493 e. The number of aryl methyl sites for hydroxylation is 1. The molecular weight excluding hydrogens is 616 g/mol. The van der Waals surface area contributed by atoms with E-state index in [1.165, 1.54) is 11.8 Å². The first-order chi connectivity index (χ1) is 22.8. The minimum Gasteiger partial charge on any atom is -0.493 e. The smallest absolute Gasteiger partial charge is 0.326 e. The molecule has 7 rings (SSSR count). The van der Waals surface area contributed by atoms with Crippen molar-refractivity contribution in [3.63, 3.8) is 0 Å². The molecule has 0 spiro atoms. The van der Waals surface area contributed by atoms with Crippen LogP contribution in [-0.2, 0) is 9.59 Å². The van der Waals surface area contributed by atoms with Crippen molar-refractivity contribution < 1.29 is 23.9 Å². The number of piperidine rings is 2. The minimum absolute atomic E-state index is 0.0590. The molecule has 4 atom stereocenters. The number of methoxy groups -OCH3 is 1. The van der Waals surface area contributed by atoms with E-state index in [9.17, 15) is 19.6 Å². The molecule has 3 N–H and O–H groups in total. The Morgan fingerprint density at radius 2 is 1.94 bits per heavy atom. The number of nitriles is 1. The van der Waals surface area contributed by atoms with Crippen LogP contribution in [0.2, 0.25) is 0 Å². The molecular formula is C35H38N6O5S. The Kier molecular flexibility index (Phi) is 8.59. The van der Waals surface area contributed by atoms with Crippen molar-refractivity contribution >= 4 is 35.3 Å². The third kappa shape index (κ3) is 6.17. The number of likely N-dealkylation sites (tertiary alicyclic amines) is 1. The van der Waals surface area contributed by atoms with E-state index in [0.29, 0.717) is 53.4 Å². The number of nitrogens with zero attached hydrogens (tertiary/aromatic N) is 3. The third-order valence-electron chi connectivity index (χ3n) is 9.49.